The lowest BCUT2D eigenvalue weighted by molar-refractivity contribution is 0.306. The SMILES string of the molecule is c1ccc(COc2ccc3c(c2)CCC(c2ccccc2)=C3c2ccc(-c3cn[nH]c3)cc2)cc1. The van der Waals surface area contributed by atoms with Crippen LogP contribution in [0.3, 0.4) is 0 Å². The third-order valence-corrected chi connectivity index (χ3v) is 6.67. The molecule has 1 heterocycles. The van der Waals surface area contributed by atoms with Gasteiger partial charge in [0, 0.05) is 11.8 Å². The monoisotopic (exact) mass is 454 g/mol. The number of fused-ring (bicyclic) bond motifs is 1. The molecule has 1 aliphatic carbocycles. The summed E-state index contributed by atoms with van der Waals surface area (Å²) in [5, 5.41) is 6.99. The highest BCUT2D eigenvalue weighted by atomic mass is 16.5. The van der Waals surface area contributed by atoms with Crippen molar-refractivity contribution < 1.29 is 4.74 Å². The number of H-pyrrole nitrogens is 1. The largest absolute Gasteiger partial charge is 0.489 e. The smallest absolute Gasteiger partial charge is 0.120 e. The summed E-state index contributed by atoms with van der Waals surface area (Å²) in [6.07, 6.45) is 5.78. The van der Waals surface area contributed by atoms with Crippen molar-refractivity contribution in [2.24, 2.45) is 0 Å². The Morgan fingerprint density at radius 3 is 2.17 bits per heavy atom. The third-order valence-electron chi connectivity index (χ3n) is 6.67. The second kappa shape index (κ2) is 9.47. The van der Waals surface area contributed by atoms with Crippen LogP contribution in [-0.2, 0) is 13.0 Å². The molecule has 0 saturated heterocycles. The Balaban J connectivity index is 1.38. The highest BCUT2D eigenvalue weighted by Crippen LogP contribution is 2.42. The second-order valence-corrected chi connectivity index (χ2v) is 8.88. The molecule has 0 spiro atoms. The van der Waals surface area contributed by atoms with E-state index < -0.39 is 0 Å². The number of benzene rings is 4. The summed E-state index contributed by atoms with van der Waals surface area (Å²) in [6, 6.07) is 36.5. The van der Waals surface area contributed by atoms with Crippen LogP contribution >= 0.6 is 0 Å². The van der Waals surface area contributed by atoms with Crippen molar-refractivity contribution in [3.63, 3.8) is 0 Å². The third kappa shape index (κ3) is 4.41. The Morgan fingerprint density at radius 2 is 1.43 bits per heavy atom. The molecule has 1 aliphatic rings. The van der Waals surface area contributed by atoms with Gasteiger partial charge in [0.1, 0.15) is 12.4 Å². The van der Waals surface area contributed by atoms with Crippen molar-refractivity contribution in [3.8, 4) is 16.9 Å². The van der Waals surface area contributed by atoms with Crippen molar-refractivity contribution in [1.29, 1.82) is 0 Å². The molecule has 1 aromatic heterocycles. The zero-order valence-electron chi connectivity index (χ0n) is 19.4. The average Bonchev–Trinajstić information content (AvgIpc) is 3.48. The molecule has 0 atom stereocenters. The highest BCUT2D eigenvalue weighted by Gasteiger charge is 2.22. The summed E-state index contributed by atoms with van der Waals surface area (Å²) in [6.45, 7) is 0.576. The maximum Gasteiger partial charge on any atom is 0.120 e. The lowest BCUT2D eigenvalue weighted by Crippen LogP contribution is -2.07. The van der Waals surface area contributed by atoms with Crippen LogP contribution in [0, 0.1) is 0 Å². The topological polar surface area (TPSA) is 37.9 Å². The molecule has 35 heavy (non-hydrogen) atoms. The minimum atomic E-state index is 0.576. The molecule has 0 saturated carbocycles. The van der Waals surface area contributed by atoms with Gasteiger partial charge < -0.3 is 4.74 Å². The first kappa shape index (κ1) is 21.2. The summed E-state index contributed by atoms with van der Waals surface area (Å²) >= 11 is 0. The van der Waals surface area contributed by atoms with Gasteiger partial charge >= 0.3 is 0 Å². The molecule has 0 bridgehead atoms. The molecule has 3 nitrogen and oxygen atoms in total. The number of aromatic nitrogens is 2. The van der Waals surface area contributed by atoms with Crippen LogP contribution in [0.4, 0.5) is 0 Å². The molecule has 0 unspecified atom stereocenters. The van der Waals surface area contributed by atoms with Crippen LogP contribution in [0.25, 0.3) is 22.3 Å². The van der Waals surface area contributed by atoms with Crippen molar-refractivity contribution in [2.75, 3.05) is 0 Å². The number of nitrogens with one attached hydrogen (secondary N) is 1. The van der Waals surface area contributed by atoms with Gasteiger partial charge in [0.15, 0.2) is 0 Å². The Hall–Kier alpha value is -4.37. The summed E-state index contributed by atoms with van der Waals surface area (Å²) in [4.78, 5) is 0. The van der Waals surface area contributed by atoms with Gasteiger partial charge in [0.2, 0.25) is 0 Å². The van der Waals surface area contributed by atoms with E-state index >= 15 is 0 Å². The van der Waals surface area contributed by atoms with Gasteiger partial charge in [0.25, 0.3) is 0 Å². The summed E-state index contributed by atoms with van der Waals surface area (Å²) < 4.78 is 6.14. The molecule has 0 radical (unpaired) electrons. The maximum absolute atomic E-state index is 6.14. The number of rotatable bonds is 6. The minimum Gasteiger partial charge on any atom is -0.489 e. The quantitative estimate of drug-likeness (QED) is 0.287. The summed E-state index contributed by atoms with van der Waals surface area (Å²) in [7, 11) is 0. The van der Waals surface area contributed by atoms with Gasteiger partial charge in [-0.25, -0.2) is 0 Å². The number of hydrogen-bond acceptors (Lipinski definition) is 2. The number of aryl methyl sites for hydroxylation is 1. The number of aromatic amines is 1. The van der Waals surface area contributed by atoms with E-state index in [9.17, 15) is 0 Å². The normalized spacial score (nSPS) is 12.9. The van der Waals surface area contributed by atoms with Gasteiger partial charge in [0.05, 0.1) is 6.20 Å². The summed E-state index contributed by atoms with van der Waals surface area (Å²) in [5.41, 5.74) is 11.3. The van der Waals surface area contributed by atoms with E-state index in [4.69, 9.17) is 4.74 Å². The van der Waals surface area contributed by atoms with E-state index in [0.717, 1.165) is 29.7 Å². The Kier molecular flexibility index (Phi) is 5.73. The minimum absolute atomic E-state index is 0.576. The fourth-order valence-electron chi connectivity index (χ4n) is 4.89. The van der Waals surface area contributed by atoms with E-state index in [-0.39, 0.29) is 0 Å². The van der Waals surface area contributed by atoms with Crippen molar-refractivity contribution in [3.05, 3.63) is 143 Å². The predicted octanol–water partition coefficient (Wildman–Crippen LogP) is 7.56. The van der Waals surface area contributed by atoms with Crippen LogP contribution in [-0.4, -0.2) is 10.2 Å². The molecular weight excluding hydrogens is 428 g/mol. The van der Waals surface area contributed by atoms with Crippen LogP contribution < -0.4 is 4.74 Å². The van der Waals surface area contributed by atoms with Crippen LogP contribution in [0.2, 0.25) is 0 Å². The number of allylic oxidation sites excluding steroid dienone is 1. The molecule has 3 heteroatoms. The highest BCUT2D eigenvalue weighted by molar-refractivity contribution is 6.01. The average molecular weight is 455 g/mol. The molecule has 0 fully saturated rings. The molecular formula is C32H26N2O. The van der Waals surface area contributed by atoms with Crippen molar-refractivity contribution in [2.45, 2.75) is 19.4 Å². The van der Waals surface area contributed by atoms with Gasteiger partial charge in [-0.3, -0.25) is 5.10 Å². The molecule has 4 aromatic carbocycles. The van der Waals surface area contributed by atoms with Crippen molar-refractivity contribution in [1.82, 2.24) is 10.2 Å². The fraction of sp³-hybridized carbons (Fsp3) is 0.0938. The van der Waals surface area contributed by atoms with Crippen LogP contribution in [0.1, 0.15) is 34.2 Å². The van der Waals surface area contributed by atoms with Gasteiger partial charge in [-0.2, -0.15) is 5.10 Å². The van der Waals surface area contributed by atoms with E-state index in [1.165, 1.54) is 39.0 Å². The standard InChI is InChI=1S/C32H26N2O/c1-3-7-23(8-4-1)22-35-29-16-18-31-27(19-29)15-17-30(25-9-5-2-6-10-25)32(31)26-13-11-24(12-14-26)28-20-33-34-21-28/h1-14,16,18-21H,15,17,22H2,(H,33,34). The molecule has 5 aromatic rings. The van der Waals surface area contributed by atoms with E-state index in [1.54, 1.807) is 0 Å². The first-order valence-corrected chi connectivity index (χ1v) is 12.0. The second-order valence-electron chi connectivity index (χ2n) is 8.88. The first-order chi connectivity index (χ1) is 17.3. The Morgan fingerprint density at radius 1 is 0.686 bits per heavy atom. The van der Waals surface area contributed by atoms with E-state index in [1.807, 2.05) is 30.6 Å². The Labute approximate surface area is 205 Å². The van der Waals surface area contributed by atoms with Crippen molar-refractivity contribution >= 4 is 11.1 Å². The zero-order valence-corrected chi connectivity index (χ0v) is 19.4. The molecule has 6 rings (SSSR count). The van der Waals surface area contributed by atoms with Gasteiger partial charge in [-0.05, 0) is 69.5 Å². The van der Waals surface area contributed by atoms with Gasteiger partial charge in [-0.1, -0.05) is 91.0 Å². The van der Waals surface area contributed by atoms with E-state index in [0.29, 0.717) is 6.61 Å². The maximum atomic E-state index is 6.14. The number of hydrogen-bond donors (Lipinski definition) is 1. The molecule has 0 amide bonds. The van der Waals surface area contributed by atoms with Crippen LogP contribution in [0.5, 0.6) is 5.75 Å². The number of ether oxygens (including phenoxy) is 1. The van der Waals surface area contributed by atoms with E-state index in [2.05, 4.69) is 95.1 Å². The van der Waals surface area contributed by atoms with Crippen LogP contribution in [0.15, 0.2) is 116 Å². The zero-order chi connectivity index (χ0) is 23.5. The molecule has 0 aliphatic heterocycles. The first-order valence-electron chi connectivity index (χ1n) is 12.0. The molecule has 1 N–H and O–H groups in total. The Bertz CT molecular complexity index is 1450. The number of nitrogens with zero attached hydrogens (tertiary/aromatic N) is 1. The fourth-order valence-corrected chi connectivity index (χ4v) is 4.89. The predicted molar refractivity (Wildman–Crippen MR) is 142 cm³/mol. The molecule has 170 valence electrons. The lowest BCUT2D eigenvalue weighted by Gasteiger charge is -2.25. The lowest BCUT2D eigenvalue weighted by atomic mass is 9.79. The summed E-state index contributed by atoms with van der Waals surface area (Å²) in [5.74, 6) is 0.922. The van der Waals surface area contributed by atoms with Gasteiger partial charge in [-0.15, -0.1) is 0 Å².